The van der Waals surface area contributed by atoms with Crippen molar-refractivity contribution in [1.82, 2.24) is 14.9 Å². The van der Waals surface area contributed by atoms with E-state index < -0.39 is 17.2 Å². The molecular weight excluding hydrogens is 514 g/mol. The van der Waals surface area contributed by atoms with Crippen molar-refractivity contribution in [2.24, 2.45) is 5.92 Å². The Bertz CT molecular complexity index is 1240. The Morgan fingerprint density at radius 1 is 1.12 bits per heavy atom. The summed E-state index contributed by atoms with van der Waals surface area (Å²) in [7, 11) is 1.34. The van der Waals surface area contributed by atoms with Crippen LogP contribution >= 0.6 is 0 Å². The molecule has 1 amide bonds. The topological polar surface area (TPSA) is 67.8 Å². The molecule has 1 atom stereocenters. The minimum atomic E-state index is -0.954. The maximum Gasteiger partial charge on any atom is 0.410 e. The Kier molecular flexibility index (Phi) is 9.31. The number of piperazine rings is 1. The molecule has 1 aliphatic heterocycles. The van der Waals surface area contributed by atoms with Gasteiger partial charge in [0.05, 0.1) is 12.8 Å². The molecule has 1 saturated heterocycles. The third-order valence-electron chi connectivity index (χ3n) is 7.48. The van der Waals surface area contributed by atoms with Crippen LogP contribution in [0.15, 0.2) is 24.5 Å². The molecular formula is C31H42F2N4O3. The van der Waals surface area contributed by atoms with Crippen molar-refractivity contribution in [2.45, 2.75) is 84.8 Å². The number of amides is 1. The molecule has 7 nitrogen and oxygen atoms in total. The van der Waals surface area contributed by atoms with E-state index in [4.69, 9.17) is 19.4 Å². The molecule has 2 aliphatic rings. The number of benzene rings is 1. The predicted molar refractivity (Wildman–Crippen MR) is 153 cm³/mol. The van der Waals surface area contributed by atoms with Crippen molar-refractivity contribution in [3.63, 3.8) is 0 Å². The molecule has 2 heterocycles. The second kappa shape index (κ2) is 12.5. The van der Waals surface area contributed by atoms with Gasteiger partial charge in [-0.2, -0.15) is 4.39 Å². The highest BCUT2D eigenvalue weighted by atomic mass is 19.2. The Morgan fingerprint density at radius 3 is 2.48 bits per heavy atom. The molecule has 0 bridgehead atoms. The van der Waals surface area contributed by atoms with Crippen molar-refractivity contribution in [3.05, 3.63) is 53.0 Å². The van der Waals surface area contributed by atoms with E-state index >= 15 is 0 Å². The number of aromatic nitrogens is 2. The van der Waals surface area contributed by atoms with E-state index in [1.54, 1.807) is 17.3 Å². The van der Waals surface area contributed by atoms with E-state index in [1.807, 2.05) is 20.8 Å². The van der Waals surface area contributed by atoms with Crippen LogP contribution in [0.4, 0.5) is 19.4 Å². The first kappa shape index (κ1) is 29.7. The lowest BCUT2D eigenvalue weighted by atomic mass is 9.95. The van der Waals surface area contributed by atoms with E-state index in [2.05, 4.69) is 24.8 Å². The summed E-state index contributed by atoms with van der Waals surface area (Å²) >= 11 is 0. The van der Waals surface area contributed by atoms with Crippen molar-refractivity contribution in [2.75, 3.05) is 31.6 Å². The Hall–Kier alpha value is -3.23. The number of allylic oxidation sites excluding steroid dienone is 2. The first-order valence-corrected chi connectivity index (χ1v) is 14.3. The summed E-state index contributed by atoms with van der Waals surface area (Å²) in [5.41, 5.74) is 3.59. The maximum atomic E-state index is 13.9. The van der Waals surface area contributed by atoms with Gasteiger partial charge in [0.2, 0.25) is 5.82 Å². The minimum Gasteiger partial charge on any atom is -0.494 e. The van der Waals surface area contributed by atoms with E-state index in [1.165, 1.54) is 18.7 Å². The fourth-order valence-electron chi connectivity index (χ4n) is 5.39. The number of anilines is 1. The molecule has 1 saturated carbocycles. The van der Waals surface area contributed by atoms with Crippen molar-refractivity contribution in [1.29, 1.82) is 0 Å². The second-order valence-corrected chi connectivity index (χ2v) is 11.8. The molecule has 40 heavy (non-hydrogen) atoms. The van der Waals surface area contributed by atoms with Gasteiger partial charge in [-0.1, -0.05) is 6.08 Å². The highest BCUT2D eigenvalue weighted by molar-refractivity contribution is 5.79. The first-order valence-electron chi connectivity index (χ1n) is 14.3. The fraction of sp³-hybridized carbons (Fsp3) is 0.581. The zero-order valence-electron chi connectivity index (χ0n) is 24.6. The second-order valence-electron chi connectivity index (χ2n) is 11.8. The largest absolute Gasteiger partial charge is 0.494 e. The van der Waals surface area contributed by atoms with E-state index in [0.29, 0.717) is 37.5 Å². The number of nitrogens with zero attached hydrogens (tertiary/aromatic N) is 4. The van der Waals surface area contributed by atoms with E-state index in [0.717, 1.165) is 49.2 Å². The van der Waals surface area contributed by atoms with Crippen LogP contribution in [0.3, 0.4) is 0 Å². The summed E-state index contributed by atoms with van der Waals surface area (Å²) in [5.74, 6) is -0.474. The van der Waals surface area contributed by atoms with Gasteiger partial charge in [0, 0.05) is 31.2 Å². The SMILES string of the molecule is C/C=C(\c1c(CCCCc2cc(F)c(F)c(OC)c2)ncnc1N1CCN(C(=O)OC(C)(C)C)C[C@@H]1C)C1CC1. The van der Waals surface area contributed by atoms with E-state index in [-0.39, 0.29) is 17.9 Å². The molecule has 2 fully saturated rings. The zero-order chi connectivity index (χ0) is 29.0. The first-order chi connectivity index (χ1) is 19.0. The monoisotopic (exact) mass is 556 g/mol. The van der Waals surface area contributed by atoms with Crippen LogP contribution in [0.5, 0.6) is 5.75 Å². The average Bonchev–Trinajstić information content (AvgIpc) is 3.74. The summed E-state index contributed by atoms with van der Waals surface area (Å²) in [4.78, 5) is 26.3. The van der Waals surface area contributed by atoms with Gasteiger partial charge in [-0.25, -0.2) is 19.2 Å². The maximum absolute atomic E-state index is 13.9. The molecule has 4 rings (SSSR count). The Morgan fingerprint density at radius 2 is 1.85 bits per heavy atom. The van der Waals surface area contributed by atoms with Crippen LogP contribution < -0.4 is 9.64 Å². The molecule has 1 aromatic heterocycles. The molecule has 0 spiro atoms. The van der Waals surface area contributed by atoms with Crippen LogP contribution in [-0.2, 0) is 17.6 Å². The Labute approximate surface area is 236 Å². The number of carbonyl (C=O) groups excluding carboxylic acids is 1. The number of aryl methyl sites for hydroxylation is 2. The predicted octanol–water partition coefficient (Wildman–Crippen LogP) is 6.59. The highest BCUT2D eigenvalue weighted by Gasteiger charge is 2.35. The number of rotatable bonds is 9. The van der Waals surface area contributed by atoms with Gasteiger partial charge < -0.3 is 19.3 Å². The molecule has 0 radical (unpaired) electrons. The number of hydrogen-bond acceptors (Lipinski definition) is 6. The van der Waals surface area contributed by atoms with Crippen molar-refractivity contribution >= 4 is 17.5 Å². The molecule has 0 unspecified atom stereocenters. The van der Waals surface area contributed by atoms with Crippen LogP contribution in [0, 0.1) is 17.6 Å². The van der Waals surface area contributed by atoms with Crippen molar-refractivity contribution < 1.29 is 23.0 Å². The molecule has 218 valence electrons. The lowest BCUT2D eigenvalue weighted by molar-refractivity contribution is 0.0218. The van der Waals surface area contributed by atoms with Gasteiger partial charge >= 0.3 is 6.09 Å². The number of ether oxygens (including phenoxy) is 2. The van der Waals surface area contributed by atoms with Crippen LogP contribution in [0.25, 0.3) is 5.57 Å². The third-order valence-corrected chi connectivity index (χ3v) is 7.48. The molecule has 0 N–H and O–H groups in total. The van der Waals surface area contributed by atoms with E-state index in [9.17, 15) is 13.6 Å². The van der Waals surface area contributed by atoms with Gasteiger partial charge in [0.1, 0.15) is 17.7 Å². The standard InChI is InChI=1S/C31H42F2N4O3/c1-7-23(22-12-13-22)27-25(11-9-8-10-21-16-24(32)28(33)26(17-21)39-6)34-19-35-29(27)37-15-14-36(18-20(37)2)30(38)40-31(3,4)5/h7,16-17,19-20,22H,8-15,18H2,1-6H3/b23-7-/t20-/m0/s1. The zero-order valence-corrected chi connectivity index (χ0v) is 24.6. The third kappa shape index (κ3) is 7.09. The highest BCUT2D eigenvalue weighted by Crippen LogP contribution is 2.45. The lowest BCUT2D eigenvalue weighted by Crippen LogP contribution is -2.55. The number of carbonyl (C=O) groups is 1. The van der Waals surface area contributed by atoms with Crippen LogP contribution in [0.1, 0.15) is 77.1 Å². The summed E-state index contributed by atoms with van der Waals surface area (Å²) in [6.07, 6.45) is 8.88. The van der Waals surface area contributed by atoms with Gasteiger partial charge in [0.15, 0.2) is 11.6 Å². The quantitative estimate of drug-likeness (QED) is 0.325. The number of unbranched alkanes of at least 4 members (excludes halogenated alkanes) is 1. The Balaban J connectivity index is 1.50. The van der Waals surface area contributed by atoms with Crippen molar-refractivity contribution in [3.8, 4) is 5.75 Å². The van der Waals surface area contributed by atoms with Gasteiger partial charge in [-0.05, 0) is 102 Å². The summed E-state index contributed by atoms with van der Waals surface area (Å²) in [6, 6.07) is 2.87. The molecule has 2 aromatic rings. The number of hydrogen-bond donors (Lipinski definition) is 0. The number of methoxy groups -OCH3 is 1. The van der Waals surface area contributed by atoms with Gasteiger partial charge in [0.25, 0.3) is 0 Å². The summed E-state index contributed by atoms with van der Waals surface area (Å²) in [6.45, 7) is 11.6. The summed E-state index contributed by atoms with van der Waals surface area (Å²) < 4.78 is 38.3. The normalized spacial score (nSPS) is 18.2. The summed E-state index contributed by atoms with van der Waals surface area (Å²) in [5, 5.41) is 0. The molecule has 1 aliphatic carbocycles. The lowest BCUT2D eigenvalue weighted by Gasteiger charge is -2.41. The van der Waals surface area contributed by atoms with Crippen LogP contribution in [-0.4, -0.2) is 59.3 Å². The average molecular weight is 557 g/mol. The number of halogens is 2. The van der Waals surface area contributed by atoms with Gasteiger partial charge in [-0.15, -0.1) is 0 Å². The fourth-order valence-corrected chi connectivity index (χ4v) is 5.39. The van der Waals surface area contributed by atoms with Crippen LogP contribution in [0.2, 0.25) is 0 Å². The molecule has 9 heteroatoms. The van der Waals surface area contributed by atoms with Gasteiger partial charge in [-0.3, -0.25) is 0 Å². The smallest absolute Gasteiger partial charge is 0.410 e. The minimum absolute atomic E-state index is 0.0587. The molecule has 1 aromatic carbocycles.